The Hall–Kier alpha value is 0.633. The first kappa shape index (κ1) is 13.7. The van der Waals surface area contributed by atoms with Crippen LogP contribution in [0.2, 0.25) is 0 Å². The molecular weight excluding hydrogens is 323 g/mol. The third kappa shape index (κ3) is 5.49. The third-order valence-corrected chi connectivity index (χ3v) is 3.21. The molecule has 1 heterocycles. The van der Waals surface area contributed by atoms with Crippen molar-refractivity contribution in [1.29, 1.82) is 0 Å². The average molecular weight is 338 g/mol. The molecule has 1 aromatic carbocycles. The number of hydrogen-bond donors (Lipinski definition) is 0. The maximum Gasteiger partial charge on any atom is 0.00754 e. The van der Waals surface area contributed by atoms with Crippen LogP contribution in [0.25, 0.3) is 0 Å². The van der Waals surface area contributed by atoms with Gasteiger partial charge in [0, 0.05) is 31.1 Å². The predicted molar refractivity (Wildman–Crippen MR) is 66.8 cm³/mol. The average Bonchev–Trinajstić information content (AvgIpc) is 2.34. The van der Waals surface area contributed by atoms with Gasteiger partial charge in [-0.1, -0.05) is 0 Å². The summed E-state index contributed by atoms with van der Waals surface area (Å²) in [7, 11) is 0. The summed E-state index contributed by atoms with van der Waals surface area (Å²) in [4.78, 5) is 2.50. The molecule has 1 fully saturated rings. The van der Waals surface area contributed by atoms with Gasteiger partial charge in [-0.2, -0.15) is 42.1 Å². The molecule has 4 heteroatoms. The van der Waals surface area contributed by atoms with Crippen molar-refractivity contribution in [3.8, 4) is 0 Å². The summed E-state index contributed by atoms with van der Waals surface area (Å²) in [6, 6.07) is 11.5. The third-order valence-electron chi connectivity index (χ3n) is 2.27. The molecule has 2 rings (SSSR count). The van der Waals surface area contributed by atoms with Crippen molar-refractivity contribution >= 4 is 25.4 Å². The van der Waals surface area contributed by atoms with Crippen molar-refractivity contribution in [1.82, 2.24) is 4.90 Å². The zero-order valence-electron chi connectivity index (χ0n) is 8.79. The SMILES string of the molecule is [Zn+][Br].[c-]1ccccc1CN1CCSCC1. The Morgan fingerprint density at radius 2 is 2.07 bits per heavy atom. The van der Waals surface area contributed by atoms with E-state index in [1.807, 2.05) is 12.1 Å². The number of nitrogens with zero attached hydrogens (tertiary/aromatic N) is 1. The maximum absolute atomic E-state index is 3.27. The number of hydrogen-bond acceptors (Lipinski definition) is 2. The van der Waals surface area contributed by atoms with Crippen molar-refractivity contribution in [2.75, 3.05) is 24.6 Å². The number of thioether (sulfide) groups is 1. The smallest absolute Gasteiger partial charge is 0.00754 e. The van der Waals surface area contributed by atoms with E-state index < -0.39 is 0 Å². The molecule has 1 aromatic rings. The van der Waals surface area contributed by atoms with Crippen molar-refractivity contribution < 1.29 is 16.3 Å². The molecule has 0 bridgehead atoms. The summed E-state index contributed by atoms with van der Waals surface area (Å²) >= 11 is 6.31. The Labute approximate surface area is 113 Å². The Morgan fingerprint density at radius 3 is 2.67 bits per heavy atom. The summed E-state index contributed by atoms with van der Waals surface area (Å²) in [5.74, 6) is 2.57. The fourth-order valence-electron chi connectivity index (χ4n) is 1.53. The second kappa shape index (κ2) is 8.75. The molecule has 0 amide bonds. The minimum Gasteiger partial charge on any atom is -0.300 e. The van der Waals surface area contributed by atoms with E-state index in [4.69, 9.17) is 0 Å². The summed E-state index contributed by atoms with van der Waals surface area (Å²) in [6.45, 7) is 3.53. The molecule has 0 aliphatic carbocycles. The molecule has 0 atom stereocenters. The van der Waals surface area contributed by atoms with Crippen LogP contribution < -0.4 is 0 Å². The monoisotopic (exact) mass is 335 g/mol. The maximum atomic E-state index is 3.27. The Morgan fingerprint density at radius 1 is 1.33 bits per heavy atom. The van der Waals surface area contributed by atoms with E-state index in [1.165, 1.54) is 46.5 Å². The largest absolute Gasteiger partial charge is 0.300 e. The second-order valence-corrected chi connectivity index (χ2v) is 4.50. The van der Waals surface area contributed by atoms with Crippen molar-refractivity contribution in [2.24, 2.45) is 0 Å². The van der Waals surface area contributed by atoms with Gasteiger partial charge in [0.1, 0.15) is 0 Å². The second-order valence-electron chi connectivity index (χ2n) is 3.28. The molecule has 0 radical (unpaired) electrons. The summed E-state index contributed by atoms with van der Waals surface area (Å²) in [5.41, 5.74) is 1.31. The Bertz CT molecular complexity index is 252. The van der Waals surface area contributed by atoms with E-state index in [9.17, 15) is 0 Å². The molecular formula is C11H14BrNSZn. The van der Waals surface area contributed by atoms with Gasteiger partial charge >= 0.3 is 30.0 Å². The van der Waals surface area contributed by atoms with Gasteiger partial charge in [-0.05, 0) is 0 Å². The van der Waals surface area contributed by atoms with Crippen LogP contribution in [-0.4, -0.2) is 29.5 Å². The first-order chi connectivity index (χ1) is 7.45. The zero-order valence-corrected chi connectivity index (χ0v) is 14.2. The number of benzene rings is 1. The van der Waals surface area contributed by atoms with Crippen molar-refractivity contribution in [2.45, 2.75) is 6.54 Å². The van der Waals surface area contributed by atoms with Crippen molar-refractivity contribution in [3.63, 3.8) is 0 Å². The van der Waals surface area contributed by atoms with Crippen LogP contribution in [0, 0.1) is 6.07 Å². The van der Waals surface area contributed by atoms with Gasteiger partial charge in [0.2, 0.25) is 0 Å². The zero-order chi connectivity index (χ0) is 10.9. The van der Waals surface area contributed by atoms with Gasteiger partial charge < -0.3 is 0 Å². The topological polar surface area (TPSA) is 3.24 Å². The van der Waals surface area contributed by atoms with Gasteiger partial charge in [0.05, 0.1) is 0 Å². The van der Waals surface area contributed by atoms with Crippen LogP contribution in [0.15, 0.2) is 24.3 Å². The molecule has 0 aromatic heterocycles. The van der Waals surface area contributed by atoms with Gasteiger partial charge in [-0.15, -0.1) is 5.56 Å². The number of rotatable bonds is 2. The molecule has 0 unspecified atom stereocenters. The van der Waals surface area contributed by atoms with Crippen LogP contribution in [0.5, 0.6) is 0 Å². The van der Waals surface area contributed by atoms with Gasteiger partial charge in [0.25, 0.3) is 0 Å². The molecule has 1 nitrogen and oxygen atoms in total. The summed E-state index contributed by atoms with van der Waals surface area (Å²) in [6.07, 6.45) is 0. The van der Waals surface area contributed by atoms with E-state index >= 15 is 0 Å². The molecule has 1 saturated heterocycles. The summed E-state index contributed by atoms with van der Waals surface area (Å²) in [5, 5.41) is 0. The van der Waals surface area contributed by atoms with Gasteiger partial charge in [-0.3, -0.25) is 4.90 Å². The normalized spacial score (nSPS) is 16.7. The molecule has 1 aliphatic heterocycles. The van der Waals surface area contributed by atoms with Crippen LogP contribution in [0.4, 0.5) is 0 Å². The van der Waals surface area contributed by atoms with Crippen LogP contribution in [-0.2, 0) is 22.9 Å². The quantitative estimate of drug-likeness (QED) is 0.603. The van der Waals surface area contributed by atoms with E-state index in [0.717, 1.165) is 6.54 Å². The first-order valence-corrected chi connectivity index (χ1v) is 13.1. The van der Waals surface area contributed by atoms with E-state index in [0.29, 0.717) is 0 Å². The molecule has 0 spiro atoms. The van der Waals surface area contributed by atoms with Gasteiger partial charge in [-0.25, -0.2) is 0 Å². The minimum atomic E-state index is 1.07. The minimum absolute atomic E-state index is 1.07. The fraction of sp³-hybridized carbons (Fsp3) is 0.455. The van der Waals surface area contributed by atoms with Crippen LogP contribution >= 0.6 is 25.4 Å². The molecule has 15 heavy (non-hydrogen) atoms. The Kier molecular flexibility index (Phi) is 7.99. The molecule has 78 valence electrons. The van der Waals surface area contributed by atoms with Crippen molar-refractivity contribution in [3.05, 3.63) is 35.9 Å². The van der Waals surface area contributed by atoms with E-state index in [2.05, 4.69) is 48.5 Å². The first-order valence-electron chi connectivity index (χ1n) is 4.97. The molecule has 0 saturated carbocycles. The van der Waals surface area contributed by atoms with Gasteiger partial charge in [0.15, 0.2) is 0 Å². The Balaban J connectivity index is 0.000000531. The van der Waals surface area contributed by atoms with E-state index in [-0.39, 0.29) is 0 Å². The van der Waals surface area contributed by atoms with Crippen LogP contribution in [0.3, 0.4) is 0 Å². The molecule has 0 N–H and O–H groups in total. The van der Waals surface area contributed by atoms with Crippen LogP contribution in [0.1, 0.15) is 5.56 Å². The van der Waals surface area contributed by atoms with E-state index in [1.54, 1.807) is 0 Å². The number of halogens is 1. The molecule has 1 aliphatic rings. The standard InChI is InChI=1S/C11H14NS.BrH.Zn/c1-2-4-11(5-3-1)10-12-6-8-13-9-7-12;;/h1-4H,6-10H2;1H;/q-1;;+2/p-1. The summed E-state index contributed by atoms with van der Waals surface area (Å²) < 4.78 is 0. The fourth-order valence-corrected chi connectivity index (χ4v) is 2.51. The predicted octanol–water partition coefficient (Wildman–Crippen LogP) is 2.88.